The fraction of sp³-hybridized carbons (Fsp3) is 0.615. The number of nitrogens with one attached hydrogen (secondary N) is 1. The maximum Gasteiger partial charge on any atom is 0.129 e. The van der Waals surface area contributed by atoms with Gasteiger partial charge in [-0.2, -0.15) is 0 Å². The fourth-order valence-electron chi connectivity index (χ4n) is 1.29. The Bertz CT molecular complexity index is 221. The number of rotatable bonds is 0. The minimum atomic E-state index is 1.07. The number of hydrogen-bond donors (Lipinski definition) is 1. The van der Waals surface area contributed by atoms with Gasteiger partial charge in [-0.25, -0.2) is 4.98 Å². The van der Waals surface area contributed by atoms with Crippen molar-refractivity contribution in [3.63, 3.8) is 0 Å². The van der Waals surface area contributed by atoms with Crippen LogP contribution >= 0.6 is 0 Å². The molecule has 15 heavy (non-hydrogen) atoms. The molecule has 0 spiro atoms. The first kappa shape index (κ1) is 13.9. The largest absolute Gasteiger partial charge is 0.370 e. The Morgan fingerprint density at radius 3 is 2.60 bits per heavy atom. The molecule has 0 fully saturated rings. The molecule has 0 saturated heterocycles. The lowest BCUT2D eigenvalue weighted by atomic mass is 10.1. The number of nitrogens with zero attached hydrogens (tertiary/aromatic N) is 1. The zero-order valence-electron chi connectivity index (χ0n) is 10.5. The van der Waals surface area contributed by atoms with Gasteiger partial charge in [-0.05, 0) is 24.5 Å². The van der Waals surface area contributed by atoms with Crippen LogP contribution in [0.5, 0.6) is 0 Å². The van der Waals surface area contributed by atoms with Crippen molar-refractivity contribution in [2.45, 2.75) is 47.0 Å². The normalized spacial score (nSPS) is 12.0. The SMILES string of the molecule is CC.CCC.c1cnc2c(c1)CCCN2. The molecule has 0 radical (unpaired) electrons. The molecule has 0 atom stereocenters. The van der Waals surface area contributed by atoms with Gasteiger partial charge >= 0.3 is 0 Å². The number of aryl methyl sites for hydroxylation is 1. The summed E-state index contributed by atoms with van der Waals surface area (Å²) in [5, 5.41) is 3.25. The number of aromatic nitrogens is 1. The highest BCUT2D eigenvalue weighted by Gasteiger charge is 2.06. The molecule has 1 aromatic rings. The number of anilines is 1. The van der Waals surface area contributed by atoms with E-state index < -0.39 is 0 Å². The summed E-state index contributed by atoms with van der Waals surface area (Å²) in [5.74, 6) is 1.08. The molecule has 1 aliphatic rings. The molecule has 0 unspecified atom stereocenters. The molecule has 0 aliphatic carbocycles. The highest BCUT2D eigenvalue weighted by Crippen LogP contribution is 2.17. The van der Waals surface area contributed by atoms with Crippen LogP contribution in [0.1, 0.15) is 46.1 Å². The first-order valence-corrected chi connectivity index (χ1v) is 6.06. The fourth-order valence-corrected chi connectivity index (χ4v) is 1.29. The molecular weight excluding hydrogens is 184 g/mol. The van der Waals surface area contributed by atoms with Crippen molar-refractivity contribution in [1.29, 1.82) is 0 Å². The van der Waals surface area contributed by atoms with E-state index in [1.54, 1.807) is 0 Å². The summed E-state index contributed by atoms with van der Waals surface area (Å²) in [6.07, 6.45) is 5.49. The lowest BCUT2D eigenvalue weighted by Gasteiger charge is -2.15. The topological polar surface area (TPSA) is 24.9 Å². The standard InChI is InChI=1S/C8H10N2.C3H8.C2H6/c1-3-7-4-2-6-10-8(7)9-5-1;1-3-2;1-2/h1,3,5H,2,4,6H2,(H,9,10);3H2,1-2H3;1-2H3. The summed E-state index contributed by atoms with van der Waals surface area (Å²) < 4.78 is 0. The van der Waals surface area contributed by atoms with Crippen molar-refractivity contribution in [1.82, 2.24) is 4.98 Å². The van der Waals surface area contributed by atoms with E-state index in [1.165, 1.54) is 24.8 Å². The maximum absolute atomic E-state index is 4.21. The summed E-state index contributed by atoms with van der Waals surface area (Å²) in [4.78, 5) is 4.21. The van der Waals surface area contributed by atoms with Gasteiger partial charge in [0.25, 0.3) is 0 Å². The quantitative estimate of drug-likeness (QED) is 0.700. The van der Waals surface area contributed by atoms with Crippen molar-refractivity contribution in [3.8, 4) is 0 Å². The molecule has 2 heteroatoms. The molecular formula is C13H24N2. The second kappa shape index (κ2) is 9.50. The molecule has 1 aliphatic heterocycles. The van der Waals surface area contributed by atoms with Crippen LogP contribution in [-0.2, 0) is 6.42 Å². The molecule has 0 amide bonds. The molecule has 0 aromatic carbocycles. The highest BCUT2D eigenvalue weighted by molar-refractivity contribution is 5.45. The molecule has 2 heterocycles. The molecule has 86 valence electrons. The summed E-state index contributed by atoms with van der Waals surface area (Å²) >= 11 is 0. The van der Waals surface area contributed by atoms with Crippen LogP contribution in [0.2, 0.25) is 0 Å². The smallest absolute Gasteiger partial charge is 0.129 e. The number of hydrogen-bond acceptors (Lipinski definition) is 2. The second-order valence-electron chi connectivity index (χ2n) is 3.25. The molecule has 0 bridgehead atoms. The lowest BCUT2D eigenvalue weighted by Crippen LogP contribution is -2.12. The molecule has 2 nitrogen and oxygen atoms in total. The Morgan fingerprint density at radius 1 is 1.33 bits per heavy atom. The monoisotopic (exact) mass is 208 g/mol. The third-order valence-electron chi connectivity index (χ3n) is 1.81. The molecule has 1 N–H and O–H groups in total. The van der Waals surface area contributed by atoms with Crippen molar-refractivity contribution >= 4 is 5.82 Å². The Labute approximate surface area is 94.1 Å². The van der Waals surface area contributed by atoms with Crippen LogP contribution in [0.4, 0.5) is 5.82 Å². The third-order valence-corrected chi connectivity index (χ3v) is 1.81. The third kappa shape index (κ3) is 5.40. The Morgan fingerprint density at radius 2 is 2.00 bits per heavy atom. The molecule has 2 rings (SSSR count). The van der Waals surface area contributed by atoms with E-state index in [9.17, 15) is 0 Å². The number of pyridine rings is 1. The van der Waals surface area contributed by atoms with Crippen LogP contribution in [-0.4, -0.2) is 11.5 Å². The van der Waals surface area contributed by atoms with Crippen LogP contribution in [0.25, 0.3) is 0 Å². The van der Waals surface area contributed by atoms with Gasteiger partial charge in [0, 0.05) is 12.7 Å². The molecule has 1 aromatic heterocycles. The van der Waals surface area contributed by atoms with Crippen molar-refractivity contribution in [2.24, 2.45) is 0 Å². The van der Waals surface area contributed by atoms with Crippen molar-refractivity contribution < 1.29 is 0 Å². The van der Waals surface area contributed by atoms with E-state index in [-0.39, 0.29) is 0 Å². The summed E-state index contributed by atoms with van der Waals surface area (Å²) in [7, 11) is 0. The van der Waals surface area contributed by atoms with Gasteiger partial charge in [0.1, 0.15) is 5.82 Å². The molecule has 0 saturated carbocycles. The van der Waals surface area contributed by atoms with E-state index >= 15 is 0 Å². The Hall–Kier alpha value is -1.05. The minimum Gasteiger partial charge on any atom is -0.370 e. The van der Waals surface area contributed by atoms with E-state index in [1.807, 2.05) is 26.1 Å². The van der Waals surface area contributed by atoms with Crippen LogP contribution in [0.15, 0.2) is 18.3 Å². The average Bonchev–Trinajstić information content (AvgIpc) is 2.33. The zero-order chi connectivity index (χ0) is 11.5. The Kier molecular flexibility index (Phi) is 8.84. The maximum atomic E-state index is 4.21. The van der Waals surface area contributed by atoms with E-state index in [0.717, 1.165) is 12.4 Å². The summed E-state index contributed by atoms with van der Waals surface area (Å²) in [6, 6.07) is 4.13. The van der Waals surface area contributed by atoms with Gasteiger partial charge in [-0.15, -0.1) is 0 Å². The van der Waals surface area contributed by atoms with Crippen molar-refractivity contribution in [2.75, 3.05) is 11.9 Å². The summed E-state index contributed by atoms with van der Waals surface area (Å²) in [5.41, 5.74) is 1.36. The first-order valence-electron chi connectivity index (χ1n) is 6.06. The van der Waals surface area contributed by atoms with Crippen LogP contribution < -0.4 is 5.32 Å². The van der Waals surface area contributed by atoms with E-state index in [4.69, 9.17) is 0 Å². The van der Waals surface area contributed by atoms with Gasteiger partial charge in [0.05, 0.1) is 0 Å². The lowest BCUT2D eigenvalue weighted by molar-refractivity contribution is 0.818. The van der Waals surface area contributed by atoms with Gasteiger partial charge in [0.2, 0.25) is 0 Å². The van der Waals surface area contributed by atoms with Crippen LogP contribution in [0.3, 0.4) is 0 Å². The predicted octanol–water partition coefficient (Wildman–Crippen LogP) is 3.88. The highest BCUT2D eigenvalue weighted by atomic mass is 15.0. The summed E-state index contributed by atoms with van der Waals surface area (Å²) in [6.45, 7) is 9.32. The van der Waals surface area contributed by atoms with Crippen molar-refractivity contribution in [3.05, 3.63) is 23.9 Å². The minimum absolute atomic E-state index is 1.07. The second-order valence-corrected chi connectivity index (χ2v) is 3.25. The van der Waals surface area contributed by atoms with Crippen LogP contribution in [0, 0.1) is 0 Å². The Balaban J connectivity index is 0.000000342. The van der Waals surface area contributed by atoms with Gasteiger partial charge < -0.3 is 5.32 Å². The van der Waals surface area contributed by atoms with E-state index in [0.29, 0.717) is 0 Å². The van der Waals surface area contributed by atoms with Gasteiger partial charge in [-0.3, -0.25) is 0 Å². The predicted molar refractivity (Wildman–Crippen MR) is 68.4 cm³/mol. The van der Waals surface area contributed by atoms with E-state index in [2.05, 4.69) is 30.2 Å². The van der Waals surface area contributed by atoms with Gasteiger partial charge in [0.15, 0.2) is 0 Å². The first-order chi connectivity index (χ1) is 7.38. The average molecular weight is 208 g/mol. The zero-order valence-corrected chi connectivity index (χ0v) is 10.5. The number of fused-ring (bicyclic) bond motifs is 1. The van der Waals surface area contributed by atoms with Gasteiger partial charge in [-0.1, -0.05) is 40.2 Å².